The monoisotopic (exact) mass is 160 g/mol. The van der Waals surface area contributed by atoms with E-state index in [4.69, 9.17) is 11.6 Å². The molecule has 1 rings (SSSR count). The van der Waals surface area contributed by atoms with Gasteiger partial charge in [-0.05, 0) is 0 Å². The van der Waals surface area contributed by atoms with Crippen molar-refractivity contribution < 1.29 is 4.79 Å². The Balaban J connectivity index is 2.97. The average molecular weight is 161 g/mol. The van der Waals surface area contributed by atoms with Gasteiger partial charge in [0.2, 0.25) is 6.08 Å². The molecule has 0 amide bonds. The van der Waals surface area contributed by atoms with E-state index in [9.17, 15) is 4.79 Å². The fourth-order valence-corrected chi connectivity index (χ4v) is 1.02. The van der Waals surface area contributed by atoms with Gasteiger partial charge < -0.3 is 0 Å². The molecule has 0 aliphatic heterocycles. The van der Waals surface area contributed by atoms with E-state index in [1.807, 2.05) is 0 Å². The largest absolute Gasteiger partial charge is 0.242 e. The second-order valence-electron chi connectivity index (χ2n) is 1.16. The van der Waals surface area contributed by atoms with Crippen LogP contribution in [0.5, 0.6) is 0 Å². The summed E-state index contributed by atoms with van der Waals surface area (Å²) in [6, 6.07) is 0. The van der Waals surface area contributed by atoms with Crippen LogP contribution in [0.2, 0.25) is 4.47 Å². The Morgan fingerprint density at radius 1 is 1.89 bits per heavy atom. The average Bonchev–Trinajstić information content (AvgIpc) is 2.17. The lowest BCUT2D eigenvalue weighted by molar-refractivity contribution is 0.565. The van der Waals surface area contributed by atoms with Crippen LogP contribution >= 0.6 is 22.9 Å². The van der Waals surface area contributed by atoms with Gasteiger partial charge in [0.05, 0.1) is 0 Å². The Kier molecular flexibility index (Phi) is 1.95. The smallest absolute Gasteiger partial charge is 0.211 e. The summed E-state index contributed by atoms with van der Waals surface area (Å²) in [5.74, 6) is 0.319. The highest BCUT2D eigenvalue weighted by molar-refractivity contribution is 7.14. The molecule has 3 nitrogen and oxygen atoms in total. The van der Waals surface area contributed by atoms with Crippen LogP contribution in [0.3, 0.4) is 0 Å². The lowest BCUT2D eigenvalue weighted by Gasteiger charge is -1.70. The Morgan fingerprint density at radius 2 is 2.67 bits per heavy atom. The Labute approximate surface area is 60.0 Å². The minimum atomic E-state index is 0.319. The second kappa shape index (κ2) is 2.73. The highest BCUT2D eigenvalue weighted by atomic mass is 35.5. The van der Waals surface area contributed by atoms with Crippen molar-refractivity contribution in [3.8, 4) is 0 Å². The molecular weight excluding hydrogens is 160 g/mol. The maximum Gasteiger partial charge on any atom is 0.242 e. The number of carbonyl (C=O) groups excluding carboxylic acids is 1. The van der Waals surface area contributed by atoms with Crippen molar-refractivity contribution in [3.05, 3.63) is 9.85 Å². The van der Waals surface area contributed by atoms with Crippen LogP contribution in [-0.4, -0.2) is 11.1 Å². The number of thiazole rings is 1. The van der Waals surface area contributed by atoms with Crippen molar-refractivity contribution in [2.24, 2.45) is 4.99 Å². The first-order valence-electron chi connectivity index (χ1n) is 2.02. The zero-order chi connectivity index (χ0) is 6.69. The van der Waals surface area contributed by atoms with Crippen molar-refractivity contribution in [3.63, 3.8) is 0 Å². The van der Waals surface area contributed by atoms with Crippen LogP contribution in [0.4, 0.5) is 5.82 Å². The number of hydrogen-bond acceptors (Lipinski definition) is 4. The molecule has 0 spiro atoms. The summed E-state index contributed by atoms with van der Waals surface area (Å²) in [5.41, 5.74) is 0. The van der Waals surface area contributed by atoms with Gasteiger partial charge in [-0.15, -0.1) is 16.3 Å². The molecule has 5 heteroatoms. The second-order valence-corrected chi connectivity index (χ2v) is 2.60. The number of aromatic nitrogens is 1. The van der Waals surface area contributed by atoms with Crippen LogP contribution < -0.4 is 0 Å². The summed E-state index contributed by atoms with van der Waals surface area (Å²) in [4.78, 5) is 16.5. The predicted octanol–water partition coefficient (Wildman–Crippen LogP) is 1.76. The van der Waals surface area contributed by atoms with E-state index in [2.05, 4.69) is 9.98 Å². The number of aliphatic imine (C=N–C) groups is 1. The van der Waals surface area contributed by atoms with Gasteiger partial charge in [-0.2, -0.15) is 0 Å². The first kappa shape index (κ1) is 6.42. The highest BCUT2D eigenvalue weighted by Gasteiger charge is 1.93. The zero-order valence-electron chi connectivity index (χ0n) is 4.17. The minimum Gasteiger partial charge on any atom is -0.211 e. The van der Waals surface area contributed by atoms with Crippen LogP contribution in [0, 0.1) is 0 Å². The van der Waals surface area contributed by atoms with Crippen molar-refractivity contribution in [1.29, 1.82) is 0 Å². The van der Waals surface area contributed by atoms with Crippen molar-refractivity contribution >= 4 is 34.8 Å². The third-order valence-corrected chi connectivity index (χ3v) is 1.59. The molecule has 1 aromatic rings. The summed E-state index contributed by atoms with van der Waals surface area (Å²) in [6.45, 7) is 0. The highest BCUT2D eigenvalue weighted by Crippen LogP contribution is 2.19. The van der Waals surface area contributed by atoms with Crippen molar-refractivity contribution in [2.45, 2.75) is 0 Å². The Hall–Kier alpha value is -0.700. The molecule has 1 aromatic heterocycles. The molecule has 0 bridgehead atoms. The van der Waals surface area contributed by atoms with Gasteiger partial charge in [0.15, 0.2) is 10.3 Å². The van der Waals surface area contributed by atoms with Gasteiger partial charge >= 0.3 is 0 Å². The number of halogens is 1. The third-order valence-electron chi connectivity index (χ3n) is 0.624. The van der Waals surface area contributed by atoms with E-state index in [1.165, 1.54) is 17.4 Å². The van der Waals surface area contributed by atoms with E-state index >= 15 is 0 Å². The van der Waals surface area contributed by atoms with Gasteiger partial charge in [-0.25, -0.2) is 9.78 Å². The summed E-state index contributed by atoms with van der Waals surface area (Å²) in [5, 5.41) is 1.58. The predicted molar refractivity (Wildman–Crippen MR) is 34.9 cm³/mol. The fourth-order valence-electron chi connectivity index (χ4n) is 0.342. The molecule has 0 radical (unpaired) electrons. The van der Waals surface area contributed by atoms with Gasteiger partial charge in [0, 0.05) is 5.38 Å². The minimum absolute atomic E-state index is 0.319. The first-order valence-corrected chi connectivity index (χ1v) is 3.27. The quantitative estimate of drug-likeness (QED) is 0.464. The van der Waals surface area contributed by atoms with E-state index in [-0.39, 0.29) is 0 Å². The molecule has 46 valence electrons. The maximum absolute atomic E-state index is 9.61. The van der Waals surface area contributed by atoms with Crippen molar-refractivity contribution in [1.82, 2.24) is 4.98 Å². The number of isocyanates is 1. The molecule has 9 heavy (non-hydrogen) atoms. The Bertz CT molecular complexity index is 253. The van der Waals surface area contributed by atoms with Crippen LogP contribution in [-0.2, 0) is 4.79 Å². The molecule has 0 aliphatic rings. The van der Waals surface area contributed by atoms with E-state index in [1.54, 1.807) is 5.38 Å². The summed E-state index contributed by atoms with van der Waals surface area (Å²) >= 11 is 6.64. The lowest BCUT2D eigenvalue weighted by Crippen LogP contribution is -1.58. The van der Waals surface area contributed by atoms with Gasteiger partial charge in [-0.1, -0.05) is 11.6 Å². The van der Waals surface area contributed by atoms with E-state index in [0.717, 1.165) is 0 Å². The summed E-state index contributed by atoms with van der Waals surface area (Å²) in [7, 11) is 0. The Morgan fingerprint density at radius 3 is 3.11 bits per heavy atom. The molecule has 0 atom stereocenters. The number of hydrogen-bond donors (Lipinski definition) is 0. The molecule has 0 aromatic carbocycles. The molecule has 1 heterocycles. The molecule has 0 saturated carbocycles. The first-order chi connectivity index (χ1) is 4.33. The van der Waals surface area contributed by atoms with Gasteiger partial charge in [0.25, 0.3) is 0 Å². The molecule has 0 aliphatic carbocycles. The summed E-state index contributed by atoms with van der Waals surface area (Å²) in [6.07, 6.45) is 1.36. The third kappa shape index (κ3) is 1.61. The van der Waals surface area contributed by atoms with Crippen LogP contribution in [0.25, 0.3) is 0 Å². The van der Waals surface area contributed by atoms with Crippen LogP contribution in [0.1, 0.15) is 0 Å². The van der Waals surface area contributed by atoms with E-state index in [0.29, 0.717) is 10.3 Å². The standard InChI is InChI=1S/C4HClN2OS/c5-4-7-3(1-9-4)6-2-8/h1H. The zero-order valence-corrected chi connectivity index (χ0v) is 5.74. The number of rotatable bonds is 1. The fraction of sp³-hybridized carbons (Fsp3) is 0. The topological polar surface area (TPSA) is 42.3 Å². The van der Waals surface area contributed by atoms with Crippen molar-refractivity contribution in [2.75, 3.05) is 0 Å². The van der Waals surface area contributed by atoms with Gasteiger partial charge in [0.1, 0.15) is 0 Å². The maximum atomic E-state index is 9.61. The normalized spacial score (nSPS) is 8.56. The van der Waals surface area contributed by atoms with Gasteiger partial charge in [-0.3, -0.25) is 0 Å². The van der Waals surface area contributed by atoms with Crippen LogP contribution in [0.15, 0.2) is 10.4 Å². The molecule has 0 fully saturated rings. The lowest BCUT2D eigenvalue weighted by atomic mass is 10.8. The molecular formula is C4HClN2OS. The SMILES string of the molecule is O=C=Nc1csc(Cl)n1. The van der Waals surface area contributed by atoms with E-state index < -0.39 is 0 Å². The molecule has 0 N–H and O–H groups in total. The summed E-state index contributed by atoms with van der Waals surface area (Å²) < 4.78 is 0.379. The molecule has 0 unspecified atom stereocenters. The number of nitrogens with zero attached hydrogens (tertiary/aromatic N) is 2. The molecule has 0 saturated heterocycles.